The molecule has 10 nitrogen and oxygen atoms in total. The van der Waals surface area contributed by atoms with Crippen LogP contribution in [0.4, 0.5) is 4.79 Å². The zero-order valence-corrected chi connectivity index (χ0v) is 27.2. The minimum atomic E-state index is -1.21. The van der Waals surface area contributed by atoms with Crippen molar-refractivity contribution in [3.05, 3.63) is 75.7 Å². The van der Waals surface area contributed by atoms with E-state index in [1.165, 1.54) is 0 Å². The first-order chi connectivity index (χ1) is 22.8. The summed E-state index contributed by atoms with van der Waals surface area (Å²) in [5.74, 6) is 5.93. The second-order valence-electron chi connectivity index (χ2n) is 13.7. The lowest BCUT2D eigenvalue weighted by atomic mass is 9.71. The Labute approximate surface area is 274 Å². The SMILES string of the molecule is Cc1cc(C#CC(OC(=O)N2CCC(c3cc4ccccc4[nH]c3=O)CC2)C(=O)N2CCC3(CCN(C)CC3)CC2)cc2cn[nH]c12. The molecule has 5 heterocycles. The highest BCUT2D eigenvalue weighted by molar-refractivity contribution is 5.87. The summed E-state index contributed by atoms with van der Waals surface area (Å²) in [5, 5.41) is 9.05. The molecule has 0 radical (unpaired) electrons. The maximum Gasteiger partial charge on any atom is 0.411 e. The van der Waals surface area contributed by atoms with Crippen molar-refractivity contribution in [3.63, 3.8) is 0 Å². The first-order valence-electron chi connectivity index (χ1n) is 16.8. The van der Waals surface area contributed by atoms with Crippen LogP contribution in [0.15, 0.2) is 53.5 Å². The normalized spacial score (nSPS) is 19.4. The number of carbonyl (C=O) groups is 2. The summed E-state index contributed by atoms with van der Waals surface area (Å²) in [6.07, 6.45) is 5.47. The van der Waals surface area contributed by atoms with E-state index < -0.39 is 12.2 Å². The Bertz CT molecular complexity index is 1910. The molecule has 10 heteroatoms. The van der Waals surface area contributed by atoms with Gasteiger partial charge >= 0.3 is 6.09 Å². The van der Waals surface area contributed by atoms with Gasteiger partial charge in [0.1, 0.15) is 0 Å². The summed E-state index contributed by atoms with van der Waals surface area (Å²) < 4.78 is 5.93. The van der Waals surface area contributed by atoms with Crippen LogP contribution in [0.3, 0.4) is 0 Å². The van der Waals surface area contributed by atoms with Gasteiger partial charge in [-0.25, -0.2) is 4.79 Å². The second-order valence-corrected chi connectivity index (χ2v) is 13.7. The predicted octanol–water partition coefficient (Wildman–Crippen LogP) is 4.78. The zero-order valence-electron chi connectivity index (χ0n) is 27.2. The molecule has 2 amide bonds. The summed E-state index contributed by atoms with van der Waals surface area (Å²) in [6, 6.07) is 13.6. The third kappa shape index (κ3) is 6.50. The molecule has 244 valence electrons. The molecule has 1 spiro atoms. The lowest BCUT2D eigenvalue weighted by Crippen LogP contribution is -2.51. The molecule has 4 aromatic rings. The molecule has 1 atom stereocenters. The Morgan fingerprint density at radius 2 is 1.68 bits per heavy atom. The maximum atomic E-state index is 13.9. The summed E-state index contributed by atoms with van der Waals surface area (Å²) >= 11 is 0. The molecule has 0 bridgehead atoms. The monoisotopic (exact) mass is 634 g/mol. The Morgan fingerprint density at radius 1 is 0.957 bits per heavy atom. The summed E-state index contributed by atoms with van der Waals surface area (Å²) in [7, 11) is 2.17. The van der Waals surface area contributed by atoms with Gasteiger partial charge in [-0.05, 0) is 118 Å². The van der Waals surface area contributed by atoms with Crippen LogP contribution in [-0.2, 0) is 9.53 Å². The number of aromatic nitrogens is 3. The molecule has 7 rings (SSSR count). The maximum absolute atomic E-state index is 13.9. The predicted molar refractivity (Wildman–Crippen MR) is 181 cm³/mol. The lowest BCUT2D eigenvalue weighted by molar-refractivity contribution is -0.140. The van der Waals surface area contributed by atoms with Gasteiger partial charge in [0.15, 0.2) is 0 Å². The number of benzene rings is 2. The highest BCUT2D eigenvalue weighted by Gasteiger charge is 2.40. The first-order valence-corrected chi connectivity index (χ1v) is 16.8. The molecule has 3 aliphatic rings. The minimum absolute atomic E-state index is 0.0333. The number of likely N-dealkylation sites (tertiary alicyclic amines) is 3. The number of nitrogens with one attached hydrogen (secondary N) is 2. The van der Waals surface area contributed by atoms with Crippen LogP contribution < -0.4 is 5.56 Å². The van der Waals surface area contributed by atoms with Crippen molar-refractivity contribution in [2.45, 2.75) is 57.5 Å². The fourth-order valence-corrected chi connectivity index (χ4v) is 7.57. The van der Waals surface area contributed by atoms with E-state index in [4.69, 9.17) is 4.74 Å². The number of ether oxygens (including phenoxy) is 1. The number of aryl methyl sites for hydroxylation is 1. The molecule has 2 aromatic carbocycles. The van der Waals surface area contributed by atoms with Crippen LogP contribution in [0.1, 0.15) is 61.1 Å². The molecule has 0 aliphatic carbocycles. The van der Waals surface area contributed by atoms with Crippen molar-refractivity contribution in [1.29, 1.82) is 0 Å². The van der Waals surface area contributed by atoms with Crippen molar-refractivity contribution in [2.24, 2.45) is 5.41 Å². The highest BCUT2D eigenvalue weighted by Crippen LogP contribution is 2.41. The largest absolute Gasteiger partial charge is 0.423 e. The van der Waals surface area contributed by atoms with Gasteiger partial charge in [0, 0.05) is 48.2 Å². The average molecular weight is 635 g/mol. The van der Waals surface area contributed by atoms with Gasteiger partial charge in [0.2, 0.25) is 6.10 Å². The van der Waals surface area contributed by atoms with Crippen molar-refractivity contribution < 1.29 is 14.3 Å². The fraction of sp³-hybridized carbons (Fsp3) is 0.459. The number of rotatable bonds is 3. The van der Waals surface area contributed by atoms with E-state index in [9.17, 15) is 14.4 Å². The summed E-state index contributed by atoms with van der Waals surface area (Å²) in [5.41, 5.74) is 4.43. The minimum Gasteiger partial charge on any atom is -0.423 e. The second kappa shape index (κ2) is 12.9. The van der Waals surface area contributed by atoms with Crippen molar-refractivity contribution in [3.8, 4) is 11.8 Å². The van der Waals surface area contributed by atoms with E-state index in [-0.39, 0.29) is 22.8 Å². The Balaban J connectivity index is 1.06. The quantitative estimate of drug-likeness (QED) is 0.314. The number of nitrogens with zero attached hydrogens (tertiary/aromatic N) is 4. The number of piperidine rings is 3. The van der Waals surface area contributed by atoms with Gasteiger partial charge in [-0.2, -0.15) is 5.10 Å². The van der Waals surface area contributed by atoms with E-state index in [1.54, 1.807) is 11.1 Å². The molecule has 3 fully saturated rings. The van der Waals surface area contributed by atoms with Gasteiger partial charge in [-0.3, -0.25) is 14.7 Å². The Hall–Kier alpha value is -4.62. The summed E-state index contributed by atoms with van der Waals surface area (Å²) in [6.45, 7) is 6.31. The van der Waals surface area contributed by atoms with Gasteiger partial charge < -0.3 is 24.4 Å². The van der Waals surface area contributed by atoms with Gasteiger partial charge in [0.25, 0.3) is 11.5 Å². The molecule has 47 heavy (non-hydrogen) atoms. The molecular weight excluding hydrogens is 592 g/mol. The third-order valence-corrected chi connectivity index (χ3v) is 10.7. The van der Waals surface area contributed by atoms with E-state index in [0.29, 0.717) is 39.0 Å². The van der Waals surface area contributed by atoms with E-state index in [0.717, 1.165) is 77.3 Å². The molecule has 0 saturated carbocycles. The summed E-state index contributed by atoms with van der Waals surface area (Å²) in [4.78, 5) is 49.2. The van der Waals surface area contributed by atoms with Gasteiger partial charge in [-0.15, -0.1) is 0 Å². The Morgan fingerprint density at radius 3 is 2.45 bits per heavy atom. The number of pyridine rings is 1. The van der Waals surface area contributed by atoms with Crippen LogP contribution >= 0.6 is 0 Å². The molecule has 3 aliphatic heterocycles. The Kier molecular flexibility index (Phi) is 8.50. The average Bonchev–Trinajstić information content (AvgIpc) is 3.57. The van der Waals surface area contributed by atoms with Crippen molar-refractivity contribution >= 4 is 33.8 Å². The number of amides is 2. The van der Waals surface area contributed by atoms with Crippen LogP contribution in [0.25, 0.3) is 21.8 Å². The number of hydrogen-bond donors (Lipinski definition) is 2. The third-order valence-electron chi connectivity index (χ3n) is 10.7. The molecule has 2 N–H and O–H groups in total. The topological polar surface area (TPSA) is 115 Å². The standard InChI is InChI=1S/C37H42N6O4/c1-25-21-26(22-29-24-38-40-33(25)29)7-8-32(35(45)42-19-13-37(14-20-42)11-17-41(2)18-12-37)47-36(46)43-15-9-27(10-16-43)30-23-28-5-3-4-6-31(28)39-34(30)44/h3-6,21-24,27,32H,9-20H2,1-2H3,(H,38,40)(H,39,44). The van der Waals surface area contributed by atoms with Gasteiger partial charge in [-0.1, -0.05) is 24.1 Å². The molecule has 2 aromatic heterocycles. The van der Waals surface area contributed by atoms with E-state index in [2.05, 4.69) is 39.0 Å². The molecular formula is C37H42N6O4. The zero-order chi connectivity index (χ0) is 32.5. The number of H-pyrrole nitrogens is 2. The number of para-hydroxylation sites is 1. The van der Waals surface area contributed by atoms with Crippen molar-refractivity contribution in [1.82, 2.24) is 29.9 Å². The number of fused-ring (bicyclic) bond motifs is 2. The van der Waals surface area contributed by atoms with E-state index >= 15 is 0 Å². The van der Waals surface area contributed by atoms with Crippen LogP contribution in [0, 0.1) is 24.2 Å². The molecule has 3 saturated heterocycles. The number of hydrogen-bond acceptors (Lipinski definition) is 6. The fourth-order valence-electron chi connectivity index (χ4n) is 7.57. The van der Waals surface area contributed by atoms with Gasteiger partial charge in [0.05, 0.1) is 11.7 Å². The van der Waals surface area contributed by atoms with Crippen LogP contribution in [0.2, 0.25) is 0 Å². The van der Waals surface area contributed by atoms with Crippen molar-refractivity contribution in [2.75, 3.05) is 46.3 Å². The van der Waals surface area contributed by atoms with Crippen LogP contribution in [-0.4, -0.2) is 94.3 Å². The van der Waals surface area contributed by atoms with E-state index in [1.807, 2.05) is 54.3 Å². The first kappa shape index (κ1) is 31.0. The smallest absolute Gasteiger partial charge is 0.411 e. The number of aromatic amines is 2. The van der Waals surface area contributed by atoms with Crippen LogP contribution in [0.5, 0.6) is 0 Å². The lowest BCUT2D eigenvalue weighted by Gasteiger charge is -2.46. The molecule has 1 unspecified atom stereocenters. The highest BCUT2D eigenvalue weighted by atomic mass is 16.6. The number of carbonyl (C=O) groups excluding carboxylic acids is 2.